The normalized spacial score (nSPS) is 15.6. The van der Waals surface area contributed by atoms with Gasteiger partial charge in [-0.3, -0.25) is 4.40 Å². The van der Waals surface area contributed by atoms with Crippen LogP contribution in [0.15, 0.2) is 36.7 Å². The molecule has 27 heavy (non-hydrogen) atoms. The molecule has 0 unspecified atom stereocenters. The highest BCUT2D eigenvalue weighted by Crippen LogP contribution is 2.35. The first-order valence-electron chi connectivity index (χ1n) is 9.32. The fourth-order valence-electron chi connectivity index (χ4n) is 3.89. The van der Waals surface area contributed by atoms with E-state index in [1.54, 1.807) is 0 Å². The molecule has 3 aromatic heterocycles. The highest BCUT2D eigenvalue weighted by atomic mass is 15.3. The highest BCUT2D eigenvalue weighted by molar-refractivity contribution is 5.77. The van der Waals surface area contributed by atoms with E-state index in [0.717, 1.165) is 41.7 Å². The molecular formula is C20H23N7. The van der Waals surface area contributed by atoms with Gasteiger partial charge in [0, 0.05) is 30.9 Å². The first-order valence-corrected chi connectivity index (χ1v) is 9.32. The Kier molecular flexibility index (Phi) is 3.32. The summed E-state index contributed by atoms with van der Waals surface area (Å²) in [6, 6.07) is 8.78. The van der Waals surface area contributed by atoms with Gasteiger partial charge in [0.2, 0.25) is 5.65 Å². The minimum Gasteiger partial charge on any atom is -0.349 e. The quantitative estimate of drug-likeness (QED) is 0.549. The molecule has 0 saturated carbocycles. The molecule has 1 aliphatic rings. The van der Waals surface area contributed by atoms with Gasteiger partial charge in [0.05, 0.1) is 17.1 Å². The summed E-state index contributed by atoms with van der Waals surface area (Å²) in [5.74, 6) is 2.91. The van der Waals surface area contributed by atoms with Gasteiger partial charge in [0.1, 0.15) is 11.6 Å². The van der Waals surface area contributed by atoms with Crippen LogP contribution in [0.1, 0.15) is 38.5 Å². The van der Waals surface area contributed by atoms with Crippen molar-refractivity contribution in [1.82, 2.24) is 29.1 Å². The van der Waals surface area contributed by atoms with Crippen LogP contribution in [-0.4, -0.2) is 42.2 Å². The molecule has 1 fully saturated rings. The van der Waals surface area contributed by atoms with Gasteiger partial charge >= 0.3 is 0 Å². The topological polar surface area (TPSA) is 64.1 Å². The standard InChI is InChI=1S/C20H23N7/c1-13-23-24-18-17(21-9-10-26(13)18)25-11-14(12-25)27-16-8-6-5-7-15(16)22-19(27)20(2,3)4/h5-10,14H,11-12H2,1-4H3. The Balaban J connectivity index is 1.52. The lowest BCUT2D eigenvalue weighted by Gasteiger charge is -2.42. The molecular weight excluding hydrogens is 338 g/mol. The second-order valence-electron chi connectivity index (χ2n) is 8.29. The minimum atomic E-state index is -0.0121. The molecule has 0 N–H and O–H groups in total. The van der Waals surface area contributed by atoms with Crippen molar-refractivity contribution in [1.29, 1.82) is 0 Å². The highest BCUT2D eigenvalue weighted by Gasteiger charge is 2.35. The third-order valence-electron chi connectivity index (χ3n) is 5.27. The lowest BCUT2D eigenvalue weighted by molar-refractivity contribution is 0.372. The van der Waals surface area contributed by atoms with Crippen molar-refractivity contribution in [2.75, 3.05) is 18.0 Å². The minimum absolute atomic E-state index is 0.0121. The lowest BCUT2D eigenvalue weighted by atomic mass is 9.94. The van der Waals surface area contributed by atoms with E-state index in [0.29, 0.717) is 6.04 Å². The average molecular weight is 361 g/mol. The van der Waals surface area contributed by atoms with E-state index in [4.69, 9.17) is 4.98 Å². The summed E-state index contributed by atoms with van der Waals surface area (Å²) in [4.78, 5) is 11.8. The first kappa shape index (κ1) is 16.2. The number of fused-ring (bicyclic) bond motifs is 2. The first-order chi connectivity index (χ1) is 12.9. The molecule has 138 valence electrons. The van der Waals surface area contributed by atoms with Crippen molar-refractivity contribution in [3.63, 3.8) is 0 Å². The fraction of sp³-hybridized carbons (Fsp3) is 0.400. The van der Waals surface area contributed by atoms with Crippen LogP contribution in [0, 0.1) is 6.92 Å². The smallest absolute Gasteiger partial charge is 0.203 e. The molecule has 7 heteroatoms. The summed E-state index contributed by atoms with van der Waals surface area (Å²) in [5.41, 5.74) is 3.08. The summed E-state index contributed by atoms with van der Waals surface area (Å²) in [5, 5.41) is 8.49. The molecule has 0 atom stereocenters. The van der Waals surface area contributed by atoms with E-state index in [1.165, 1.54) is 5.52 Å². The SMILES string of the molecule is Cc1nnc2c(N3CC(n4c(C(C)(C)C)nc5ccccc54)C3)nccn12. The molecule has 1 saturated heterocycles. The number of para-hydroxylation sites is 2. The van der Waals surface area contributed by atoms with E-state index in [2.05, 4.69) is 69.7 Å². The van der Waals surface area contributed by atoms with Gasteiger partial charge in [-0.2, -0.15) is 0 Å². The van der Waals surface area contributed by atoms with Crippen LogP contribution in [0.2, 0.25) is 0 Å². The van der Waals surface area contributed by atoms with Gasteiger partial charge in [-0.1, -0.05) is 32.9 Å². The Hall–Kier alpha value is -2.96. The number of nitrogens with zero attached hydrogens (tertiary/aromatic N) is 7. The monoisotopic (exact) mass is 361 g/mol. The largest absolute Gasteiger partial charge is 0.349 e. The van der Waals surface area contributed by atoms with E-state index < -0.39 is 0 Å². The van der Waals surface area contributed by atoms with Gasteiger partial charge in [0.15, 0.2) is 5.82 Å². The van der Waals surface area contributed by atoms with Crippen molar-refractivity contribution in [3.05, 3.63) is 48.3 Å². The number of rotatable bonds is 2. The molecule has 7 nitrogen and oxygen atoms in total. The van der Waals surface area contributed by atoms with Gasteiger partial charge < -0.3 is 9.47 Å². The predicted molar refractivity (Wildman–Crippen MR) is 105 cm³/mol. The summed E-state index contributed by atoms with van der Waals surface area (Å²) >= 11 is 0. The third kappa shape index (κ3) is 2.41. The van der Waals surface area contributed by atoms with Crippen LogP contribution in [0.5, 0.6) is 0 Å². The van der Waals surface area contributed by atoms with Crippen molar-refractivity contribution >= 4 is 22.5 Å². The number of hydrogen-bond donors (Lipinski definition) is 0. The van der Waals surface area contributed by atoms with E-state index in [1.807, 2.05) is 23.7 Å². The molecule has 4 heterocycles. The Labute approximate surface area is 157 Å². The van der Waals surface area contributed by atoms with E-state index in [-0.39, 0.29) is 5.41 Å². The number of hydrogen-bond acceptors (Lipinski definition) is 5. The number of imidazole rings is 1. The summed E-state index contributed by atoms with van der Waals surface area (Å²) in [6.07, 6.45) is 3.73. The maximum atomic E-state index is 4.94. The van der Waals surface area contributed by atoms with E-state index in [9.17, 15) is 0 Å². The molecule has 1 aromatic carbocycles. The fourth-order valence-corrected chi connectivity index (χ4v) is 3.89. The van der Waals surface area contributed by atoms with Crippen molar-refractivity contribution in [2.45, 2.75) is 39.2 Å². The molecule has 0 aliphatic carbocycles. The Bertz CT molecular complexity index is 1140. The Morgan fingerprint density at radius 1 is 1.07 bits per heavy atom. The van der Waals surface area contributed by atoms with Gasteiger partial charge in [-0.15, -0.1) is 10.2 Å². The molecule has 0 bridgehead atoms. The van der Waals surface area contributed by atoms with Gasteiger partial charge in [-0.05, 0) is 19.1 Å². The number of anilines is 1. The number of benzene rings is 1. The molecule has 0 spiro atoms. The molecule has 0 amide bonds. The Morgan fingerprint density at radius 3 is 2.63 bits per heavy atom. The zero-order chi connectivity index (χ0) is 18.8. The molecule has 4 aromatic rings. The van der Waals surface area contributed by atoms with Crippen molar-refractivity contribution in [2.24, 2.45) is 0 Å². The van der Waals surface area contributed by atoms with Gasteiger partial charge in [-0.25, -0.2) is 9.97 Å². The van der Waals surface area contributed by atoms with Crippen LogP contribution in [0.25, 0.3) is 16.7 Å². The number of aromatic nitrogens is 6. The van der Waals surface area contributed by atoms with Crippen molar-refractivity contribution in [3.8, 4) is 0 Å². The Morgan fingerprint density at radius 2 is 1.85 bits per heavy atom. The van der Waals surface area contributed by atoms with E-state index >= 15 is 0 Å². The molecule has 1 aliphatic heterocycles. The van der Waals surface area contributed by atoms with Crippen molar-refractivity contribution < 1.29 is 0 Å². The number of aryl methyl sites for hydroxylation is 1. The summed E-state index contributed by atoms with van der Waals surface area (Å²) in [7, 11) is 0. The van der Waals surface area contributed by atoms with Crippen LogP contribution >= 0.6 is 0 Å². The van der Waals surface area contributed by atoms with Crippen LogP contribution < -0.4 is 4.90 Å². The summed E-state index contributed by atoms with van der Waals surface area (Å²) in [6.45, 7) is 10.4. The zero-order valence-electron chi connectivity index (χ0n) is 16.1. The zero-order valence-corrected chi connectivity index (χ0v) is 16.1. The maximum absolute atomic E-state index is 4.94. The second-order valence-corrected chi connectivity index (χ2v) is 8.29. The van der Waals surface area contributed by atoms with Crippen LogP contribution in [0.4, 0.5) is 5.82 Å². The van der Waals surface area contributed by atoms with Crippen LogP contribution in [0.3, 0.4) is 0 Å². The maximum Gasteiger partial charge on any atom is 0.203 e. The average Bonchev–Trinajstić information content (AvgIpc) is 3.16. The van der Waals surface area contributed by atoms with Gasteiger partial charge in [0.25, 0.3) is 0 Å². The second kappa shape index (κ2) is 5.52. The summed E-state index contributed by atoms with van der Waals surface area (Å²) < 4.78 is 4.41. The predicted octanol–water partition coefficient (Wildman–Crippen LogP) is 3.14. The molecule has 5 rings (SSSR count). The molecule has 0 radical (unpaired) electrons. The third-order valence-corrected chi connectivity index (χ3v) is 5.27. The van der Waals surface area contributed by atoms with Crippen LogP contribution in [-0.2, 0) is 5.41 Å². The lowest BCUT2D eigenvalue weighted by Crippen LogP contribution is -2.49.